The lowest BCUT2D eigenvalue weighted by Gasteiger charge is -2.20. The van der Waals surface area contributed by atoms with Crippen molar-refractivity contribution in [1.82, 2.24) is 25.1 Å². The first-order valence-electron chi connectivity index (χ1n) is 9.15. The summed E-state index contributed by atoms with van der Waals surface area (Å²) in [4.78, 5) is 22.6. The van der Waals surface area contributed by atoms with E-state index in [1.165, 1.54) is 0 Å². The Morgan fingerprint density at radius 3 is 3.11 bits per heavy atom. The summed E-state index contributed by atoms with van der Waals surface area (Å²) in [5, 5.41) is 7.22. The maximum atomic E-state index is 12.9. The van der Waals surface area contributed by atoms with Gasteiger partial charge in [-0.25, -0.2) is 4.98 Å². The van der Waals surface area contributed by atoms with Crippen LogP contribution in [-0.4, -0.2) is 57.8 Å². The molecule has 8 nitrogen and oxygen atoms in total. The van der Waals surface area contributed by atoms with Crippen molar-refractivity contribution in [2.75, 3.05) is 26.8 Å². The Balaban J connectivity index is 1.47. The van der Waals surface area contributed by atoms with Crippen LogP contribution in [0.5, 0.6) is 5.75 Å². The van der Waals surface area contributed by atoms with Crippen LogP contribution in [0.4, 0.5) is 0 Å². The zero-order valence-corrected chi connectivity index (χ0v) is 15.5. The number of aromatic nitrogens is 4. The lowest BCUT2D eigenvalue weighted by Crippen LogP contribution is -2.34. The van der Waals surface area contributed by atoms with E-state index >= 15 is 0 Å². The quantitative estimate of drug-likeness (QED) is 0.693. The average molecular weight is 369 g/mol. The second-order valence-electron chi connectivity index (χ2n) is 6.53. The Kier molecular flexibility index (Phi) is 4.81. The number of fused-ring (bicyclic) bond motifs is 2. The lowest BCUT2D eigenvalue weighted by molar-refractivity contribution is 0.0746. The predicted molar refractivity (Wildman–Crippen MR) is 99.9 cm³/mol. The smallest absolute Gasteiger partial charge is 0.274 e. The normalized spacial score (nSPS) is 13.6. The topological polar surface area (TPSA) is 96.1 Å². The highest BCUT2D eigenvalue weighted by molar-refractivity contribution is 5.94. The molecule has 0 bridgehead atoms. The summed E-state index contributed by atoms with van der Waals surface area (Å²) in [7, 11) is 1.64. The maximum Gasteiger partial charge on any atom is 0.274 e. The van der Waals surface area contributed by atoms with E-state index in [4.69, 9.17) is 9.47 Å². The Morgan fingerprint density at radius 1 is 1.41 bits per heavy atom. The first kappa shape index (κ1) is 17.5. The second kappa shape index (κ2) is 7.40. The number of amides is 1. The molecule has 142 valence electrons. The minimum atomic E-state index is -0.0710. The number of imidazole rings is 1. The van der Waals surface area contributed by atoms with Crippen LogP contribution in [0.1, 0.15) is 34.5 Å². The molecule has 0 atom stereocenters. The number of likely N-dealkylation sites (N-methyl/N-ethyl adjacent to an activating group) is 1. The van der Waals surface area contributed by atoms with Crippen molar-refractivity contribution >= 4 is 16.9 Å². The van der Waals surface area contributed by atoms with E-state index in [-0.39, 0.29) is 5.91 Å². The van der Waals surface area contributed by atoms with Crippen LogP contribution in [0, 0.1) is 0 Å². The molecule has 1 aliphatic heterocycles. The van der Waals surface area contributed by atoms with Crippen molar-refractivity contribution < 1.29 is 14.3 Å². The van der Waals surface area contributed by atoms with Crippen molar-refractivity contribution in [2.45, 2.75) is 26.4 Å². The zero-order valence-electron chi connectivity index (χ0n) is 15.5. The number of H-pyrrole nitrogens is 2. The fourth-order valence-corrected chi connectivity index (χ4v) is 3.37. The van der Waals surface area contributed by atoms with E-state index in [0.29, 0.717) is 38.4 Å². The molecule has 1 aliphatic rings. The third-order valence-electron chi connectivity index (χ3n) is 4.92. The van der Waals surface area contributed by atoms with Gasteiger partial charge in [0, 0.05) is 43.3 Å². The molecule has 0 radical (unpaired) electrons. The highest BCUT2D eigenvalue weighted by atomic mass is 16.5. The van der Waals surface area contributed by atoms with Gasteiger partial charge in [0.15, 0.2) is 5.69 Å². The van der Waals surface area contributed by atoms with Crippen molar-refractivity contribution in [3.05, 3.63) is 41.0 Å². The highest BCUT2D eigenvalue weighted by Crippen LogP contribution is 2.21. The van der Waals surface area contributed by atoms with Crippen molar-refractivity contribution in [2.24, 2.45) is 0 Å². The van der Waals surface area contributed by atoms with E-state index in [2.05, 4.69) is 20.2 Å². The molecule has 0 spiro atoms. The van der Waals surface area contributed by atoms with Gasteiger partial charge in [-0.1, -0.05) is 0 Å². The zero-order chi connectivity index (χ0) is 18.8. The molecular formula is C19H23N5O3. The maximum absolute atomic E-state index is 12.9. The van der Waals surface area contributed by atoms with Gasteiger partial charge in [-0.15, -0.1) is 0 Å². The Morgan fingerprint density at radius 2 is 2.30 bits per heavy atom. The van der Waals surface area contributed by atoms with Crippen LogP contribution in [0.25, 0.3) is 11.0 Å². The van der Waals surface area contributed by atoms with E-state index in [0.717, 1.165) is 40.3 Å². The van der Waals surface area contributed by atoms with Crippen molar-refractivity contribution in [3.8, 4) is 5.75 Å². The van der Waals surface area contributed by atoms with Crippen LogP contribution in [-0.2, 0) is 24.2 Å². The number of aromatic amines is 2. The molecular weight excluding hydrogens is 346 g/mol. The molecule has 0 unspecified atom stereocenters. The molecule has 8 heteroatoms. The first-order valence-corrected chi connectivity index (χ1v) is 9.15. The largest absolute Gasteiger partial charge is 0.497 e. The van der Waals surface area contributed by atoms with Gasteiger partial charge in [-0.3, -0.25) is 9.89 Å². The number of carbonyl (C=O) groups is 1. The Hall–Kier alpha value is -2.87. The molecule has 0 fully saturated rings. The first-order chi connectivity index (χ1) is 13.2. The molecule has 3 heterocycles. The number of nitrogens with zero attached hydrogens (tertiary/aromatic N) is 3. The molecule has 1 aromatic carbocycles. The second-order valence-corrected chi connectivity index (χ2v) is 6.53. The highest BCUT2D eigenvalue weighted by Gasteiger charge is 2.25. The fourth-order valence-electron chi connectivity index (χ4n) is 3.37. The summed E-state index contributed by atoms with van der Waals surface area (Å²) in [6, 6.07) is 5.73. The summed E-state index contributed by atoms with van der Waals surface area (Å²) >= 11 is 0. The van der Waals surface area contributed by atoms with Crippen LogP contribution in [0.15, 0.2) is 18.2 Å². The third kappa shape index (κ3) is 3.40. The summed E-state index contributed by atoms with van der Waals surface area (Å²) in [5.74, 6) is 1.56. The summed E-state index contributed by atoms with van der Waals surface area (Å²) in [5.41, 5.74) is 4.18. The van der Waals surface area contributed by atoms with E-state index in [1.807, 2.05) is 25.1 Å². The van der Waals surface area contributed by atoms with E-state index in [1.54, 1.807) is 12.0 Å². The molecule has 0 saturated heterocycles. The fraction of sp³-hybridized carbons (Fsp3) is 0.421. The Bertz CT molecular complexity index is 962. The number of methoxy groups -OCH3 is 1. The monoisotopic (exact) mass is 369 g/mol. The average Bonchev–Trinajstić information content (AvgIpc) is 3.31. The minimum absolute atomic E-state index is 0.0710. The summed E-state index contributed by atoms with van der Waals surface area (Å²) in [6.07, 6.45) is 1.41. The Labute approximate surface area is 156 Å². The molecule has 3 aromatic rings. The van der Waals surface area contributed by atoms with Gasteiger partial charge in [0.2, 0.25) is 0 Å². The SMILES string of the molecule is CCN(CCc1nc2ccc(OC)cc2[nH]1)C(=O)c1n[nH]c2c1COCC2. The van der Waals surface area contributed by atoms with Gasteiger partial charge in [-0.2, -0.15) is 5.10 Å². The molecule has 27 heavy (non-hydrogen) atoms. The van der Waals surface area contributed by atoms with Gasteiger partial charge < -0.3 is 19.4 Å². The molecule has 0 saturated carbocycles. The van der Waals surface area contributed by atoms with Gasteiger partial charge >= 0.3 is 0 Å². The van der Waals surface area contributed by atoms with E-state index in [9.17, 15) is 4.79 Å². The van der Waals surface area contributed by atoms with Gasteiger partial charge in [0.1, 0.15) is 11.6 Å². The third-order valence-corrected chi connectivity index (χ3v) is 4.92. The number of carbonyl (C=O) groups excluding carboxylic acids is 1. The summed E-state index contributed by atoms with van der Waals surface area (Å²) in [6.45, 7) is 4.24. The molecule has 1 amide bonds. The van der Waals surface area contributed by atoms with Gasteiger partial charge in [0.05, 0.1) is 31.4 Å². The van der Waals surface area contributed by atoms with E-state index < -0.39 is 0 Å². The standard InChI is InChI=1S/C19H23N5O3/c1-3-24(19(25)18-13-11-27-9-7-14(13)22-23-18)8-6-17-20-15-5-4-12(26-2)10-16(15)21-17/h4-5,10H,3,6-9,11H2,1-2H3,(H,20,21)(H,22,23). The van der Waals surface area contributed by atoms with Crippen LogP contribution in [0.3, 0.4) is 0 Å². The summed E-state index contributed by atoms with van der Waals surface area (Å²) < 4.78 is 10.7. The van der Waals surface area contributed by atoms with Gasteiger partial charge in [-0.05, 0) is 19.1 Å². The minimum Gasteiger partial charge on any atom is -0.497 e. The molecule has 2 N–H and O–H groups in total. The van der Waals surface area contributed by atoms with Crippen LogP contribution >= 0.6 is 0 Å². The number of hydrogen-bond acceptors (Lipinski definition) is 5. The van der Waals surface area contributed by atoms with Gasteiger partial charge in [0.25, 0.3) is 5.91 Å². The number of hydrogen-bond donors (Lipinski definition) is 2. The molecule has 2 aromatic heterocycles. The van der Waals surface area contributed by atoms with Crippen molar-refractivity contribution in [3.63, 3.8) is 0 Å². The number of nitrogens with one attached hydrogen (secondary N) is 2. The molecule has 4 rings (SSSR count). The number of rotatable bonds is 6. The number of benzene rings is 1. The van der Waals surface area contributed by atoms with Crippen LogP contribution in [0.2, 0.25) is 0 Å². The lowest BCUT2D eigenvalue weighted by atomic mass is 10.1. The number of ether oxygens (including phenoxy) is 2. The molecule has 0 aliphatic carbocycles. The van der Waals surface area contributed by atoms with Crippen molar-refractivity contribution in [1.29, 1.82) is 0 Å². The van der Waals surface area contributed by atoms with Crippen LogP contribution < -0.4 is 4.74 Å². The predicted octanol–water partition coefficient (Wildman–Crippen LogP) is 2.07.